The molecule has 0 radical (unpaired) electrons. The van der Waals surface area contributed by atoms with Crippen molar-refractivity contribution in [1.82, 2.24) is 4.72 Å². The van der Waals surface area contributed by atoms with Gasteiger partial charge in [-0.15, -0.1) is 0 Å². The third-order valence-electron chi connectivity index (χ3n) is 0.780. The first-order valence-electron chi connectivity index (χ1n) is 2.87. The van der Waals surface area contributed by atoms with E-state index in [0.717, 1.165) is 0 Å². The van der Waals surface area contributed by atoms with Gasteiger partial charge in [-0.2, -0.15) is 0 Å². The van der Waals surface area contributed by atoms with Crippen molar-refractivity contribution in [3.63, 3.8) is 0 Å². The van der Waals surface area contributed by atoms with Crippen LogP contribution < -0.4 is 10.5 Å². The van der Waals surface area contributed by atoms with Crippen molar-refractivity contribution in [3.8, 4) is 0 Å². The molecule has 0 aromatic rings. The van der Waals surface area contributed by atoms with Gasteiger partial charge < -0.3 is 10.8 Å². The predicted octanol–water partition coefficient (Wildman–Crippen LogP) is -2.05. The Balaban J connectivity index is 3.92. The van der Waals surface area contributed by atoms with Gasteiger partial charge in [0.15, 0.2) is 5.75 Å². The van der Waals surface area contributed by atoms with Gasteiger partial charge in [0.1, 0.15) is 0 Å². The normalized spacial score (nSPS) is 11.4. The Kier molecular flexibility index (Phi) is 4.01. The summed E-state index contributed by atoms with van der Waals surface area (Å²) in [5.41, 5.74) is 4.99. The van der Waals surface area contributed by atoms with Gasteiger partial charge in [-0.25, -0.2) is 13.1 Å². The summed E-state index contributed by atoms with van der Waals surface area (Å²) < 4.78 is 23.3. The van der Waals surface area contributed by atoms with E-state index in [0.29, 0.717) is 0 Å². The molecule has 0 amide bonds. The molecule has 0 aliphatic carbocycles. The molecule has 0 aromatic heterocycles. The molecule has 0 heterocycles. The third kappa shape index (κ3) is 5.77. The fraction of sp³-hybridized carbons (Fsp3) is 0.750. The summed E-state index contributed by atoms with van der Waals surface area (Å²) in [5, 5.41) is 8.10. The summed E-state index contributed by atoms with van der Waals surface area (Å²) >= 11 is 0. The van der Waals surface area contributed by atoms with Crippen LogP contribution in [0.15, 0.2) is 0 Å². The van der Waals surface area contributed by atoms with Gasteiger partial charge >= 0.3 is 5.97 Å². The van der Waals surface area contributed by atoms with E-state index in [9.17, 15) is 13.2 Å². The van der Waals surface area contributed by atoms with E-state index in [1.807, 2.05) is 4.72 Å². The lowest BCUT2D eigenvalue weighted by molar-refractivity contribution is -0.134. The molecule has 0 bridgehead atoms. The molecule has 0 aliphatic rings. The molecule has 0 spiro atoms. The Morgan fingerprint density at radius 3 is 2.45 bits per heavy atom. The highest BCUT2D eigenvalue weighted by atomic mass is 32.2. The standard InChI is InChI=1S/C4H10N2O4S/c5-1-2-6-11(9,10)3-4(7)8/h6H,1-3,5H2,(H,7,8). The van der Waals surface area contributed by atoms with Crippen LogP contribution in [0.1, 0.15) is 0 Å². The third-order valence-corrected chi connectivity index (χ3v) is 2.05. The maximum Gasteiger partial charge on any atom is 0.320 e. The van der Waals surface area contributed by atoms with E-state index in [-0.39, 0.29) is 13.1 Å². The van der Waals surface area contributed by atoms with Crippen LogP contribution in [0.3, 0.4) is 0 Å². The van der Waals surface area contributed by atoms with Crippen LogP contribution in [0.4, 0.5) is 0 Å². The summed E-state index contributed by atoms with van der Waals surface area (Å²) in [6, 6.07) is 0. The minimum absolute atomic E-state index is 0.0651. The highest BCUT2D eigenvalue weighted by Gasteiger charge is 2.13. The fourth-order valence-corrected chi connectivity index (χ4v) is 1.28. The number of nitrogens with one attached hydrogen (secondary N) is 1. The van der Waals surface area contributed by atoms with Gasteiger partial charge in [-0.3, -0.25) is 4.79 Å². The van der Waals surface area contributed by atoms with Crippen molar-refractivity contribution in [2.45, 2.75) is 0 Å². The molecule has 6 nitrogen and oxygen atoms in total. The lowest BCUT2D eigenvalue weighted by atomic mass is 10.7. The first-order chi connectivity index (χ1) is 4.98. The van der Waals surface area contributed by atoms with Crippen LogP contribution in [0.2, 0.25) is 0 Å². The van der Waals surface area contributed by atoms with Crippen molar-refractivity contribution in [3.05, 3.63) is 0 Å². The average Bonchev–Trinajstić information content (AvgIpc) is 1.81. The topological polar surface area (TPSA) is 109 Å². The number of sulfonamides is 1. The minimum Gasteiger partial charge on any atom is -0.480 e. The van der Waals surface area contributed by atoms with E-state index in [2.05, 4.69) is 0 Å². The van der Waals surface area contributed by atoms with Crippen LogP contribution in [0.5, 0.6) is 0 Å². The van der Waals surface area contributed by atoms with Crippen LogP contribution in [0.25, 0.3) is 0 Å². The van der Waals surface area contributed by atoms with Crippen molar-refractivity contribution in [1.29, 1.82) is 0 Å². The number of hydrogen-bond acceptors (Lipinski definition) is 4. The number of hydrogen-bond donors (Lipinski definition) is 3. The predicted molar refractivity (Wildman–Crippen MR) is 38.5 cm³/mol. The van der Waals surface area contributed by atoms with E-state index in [1.165, 1.54) is 0 Å². The zero-order chi connectivity index (χ0) is 8.91. The summed E-state index contributed by atoms with van der Waals surface area (Å²) in [6.07, 6.45) is 0. The maximum absolute atomic E-state index is 10.7. The molecule has 0 rings (SSSR count). The largest absolute Gasteiger partial charge is 0.480 e. The van der Waals surface area contributed by atoms with E-state index in [4.69, 9.17) is 10.8 Å². The summed E-state index contributed by atoms with van der Waals surface area (Å²) in [7, 11) is -3.67. The molecule has 4 N–H and O–H groups in total. The number of carboxylic acids is 1. The number of rotatable bonds is 5. The Bertz CT molecular complexity index is 222. The molecule has 11 heavy (non-hydrogen) atoms. The second-order valence-electron chi connectivity index (χ2n) is 1.84. The van der Waals surface area contributed by atoms with E-state index in [1.54, 1.807) is 0 Å². The molecule has 0 atom stereocenters. The van der Waals surface area contributed by atoms with Gasteiger partial charge in [0.05, 0.1) is 0 Å². The fourth-order valence-electron chi connectivity index (χ4n) is 0.428. The second kappa shape index (κ2) is 4.27. The first kappa shape index (κ1) is 10.3. The van der Waals surface area contributed by atoms with Crippen molar-refractivity contribution < 1.29 is 18.3 Å². The second-order valence-corrected chi connectivity index (χ2v) is 3.64. The molecule has 0 unspecified atom stereocenters. The average molecular weight is 182 g/mol. The summed E-state index contributed by atoms with van der Waals surface area (Å²) in [4.78, 5) is 9.93. The zero-order valence-electron chi connectivity index (χ0n) is 5.78. The Hall–Kier alpha value is -0.660. The smallest absolute Gasteiger partial charge is 0.320 e. The van der Waals surface area contributed by atoms with Crippen LogP contribution in [0, 0.1) is 0 Å². The molecule has 0 saturated carbocycles. The Morgan fingerprint density at radius 1 is 1.55 bits per heavy atom. The lowest BCUT2D eigenvalue weighted by Gasteiger charge is -2.00. The van der Waals surface area contributed by atoms with Crippen molar-refractivity contribution in [2.24, 2.45) is 5.73 Å². The summed E-state index contributed by atoms with van der Waals surface area (Å²) in [6.45, 7) is 0.217. The molecule has 7 heteroatoms. The first-order valence-corrected chi connectivity index (χ1v) is 4.52. The number of carboxylic acid groups (broad SMARTS) is 1. The van der Waals surface area contributed by atoms with Gasteiger partial charge in [0, 0.05) is 13.1 Å². The number of aliphatic carboxylic acids is 1. The molecular weight excluding hydrogens is 172 g/mol. The number of carbonyl (C=O) groups is 1. The van der Waals surface area contributed by atoms with Gasteiger partial charge in [0.25, 0.3) is 0 Å². The highest BCUT2D eigenvalue weighted by Crippen LogP contribution is 1.81. The number of nitrogens with two attached hydrogens (primary N) is 1. The quantitative estimate of drug-likeness (QED) is 0.453. The zero-order valence-corrected chi connectivity index (χ0v) is 6.60. The lowest BCUT2D eigenvalue weighted by Crippen LogP contribution is -2.33. The van der Waals surface area contributed by atoms with Gasteiger partial charge in [-0.1, -0.05) is 0 Å². The van der Waals surface area contributed by atoms with Crippen LogP contribution in [-0.4, -0.2) is 38.3 Å². The molecule has 0 saturated heterocycles. The monoisotopic (exact) mass is 182 g/mol. The Morgan fingerprint density at radius 2 is 2.09 bits per heavy atom. The SMILES string of the molecule is NCCNS(=O)(=O)CC(=O)O. The van der Waals surface area contributed by atoms with Gasteiger partial charge in [0.2, 0.25) is 10.0 Å². The Labute approximate surface area is 64.4 Å². The van der Waals surface area contributed by atoms with E-state index >= 15 is 0 Å². The molecule has 0 aliphatic heterocycles. The van der Waals surface area contributed by atoms with Crippen molar-refractivity contribution >= 4 is 16.0 Å². The van der Waals surface area contributed by atoms with E-state index < -0.39 is 21.7 Å². The summed E-state index contributed by atoms with van der Waals surface area (Å²) in [5.74, 6) is -2.29. The maximum atomic E-state index is 10.7. The molecule has 0 fully saturated rings. The molecule has 0 aromatic carbocycles. The van der Waals surface area contributed by atoms with Crippen molar-refractivity contribution in [2.75, 3.05) is 18.8 Å². The minimum atomic E-state index is -3.67. The van der Waals surface area contributed by atoms with Gasteiger partial charge in [-0.05, 0) is 0 Å². The van der Waals surface area contributed by atoms with Crippen LogP contribution in [-0.2, 0) is 14.8 Å². The molecule has 66 valence electrons. The highest BCUT2D eigenvalue weighted by molar-refractivity contribution is 7.90. The molecular formula is C4H10N2O4S. The van der Waals surface area contributed by atoms with Crippen LogP contribution >= 0.6 is 0 Å².